The normalized spacial score (nSPS) is 14.5. The maximum atomic E-state index is 12.7. The summed E-state index contributed by atoms with van der Waals surface area (Å²) in [6, 6.07) is 17.6. The average Bonchev–Trinajstić information content (AvgIpc) is 3.19. The molecular weight excluding hydrogens is 316 g/mol. The maximum Gasteiger partial charge on any atom is 0.256 e. The number of hydrogen-bond acceptors (Lipinski definition) is 3. The topological polar surface area (TPSA) is 72.4 Å². The Labute approximate surface area is 145 Å². The van der Waals surface area contributed by atoms with Gasteiger partial charge in [-0.05, 0) is 12.1 Å². The minimum absolute atomic E-state index is 0.0370. The molecule has 4 rings (SSSR count). The lowest BCUT2D eigenvalue weighted by molar-refractivity contribution is -0.443. The van der Waals surface area contributed by atoms with Crippen molar-refractivity contribution < 1.29 is 14.6 Å². The van der Waals surface area contributed by atoms with E-state index in [0.717, 1.165) is 22.5 Å². The van der Waals surface area contributed by atoms with Crippen molar-refractivity contribution in [3.05, 3.63) is 60.2 Å². The van der Waals surface area contributed by atoms with Crippen LogP contribution < -0.4 is 5.10 Å². The Balaban J connectivity index is 1.67. The van der Waals surface area contributed by atoms with E-state index in [2.05, 4.69) is 15.4 Å². The number of aromatic nitrogens is 3. The summed E-state index contributed by atoms with van der Waals surface area (Å²) < 4.78 is 5.32. The van der Waals surface area contributed by atoms with E-state index >= 15 is 0 Å². The number of amides is 1. The highest BCUT2D eigenvalue weighted by Crippen LogP contribution is 2.27. The van der Waals surface area contributed by atoms with Crippen LogP contribution in [0.4, 0.5) is 0 Å². The number of aromatic amines is 2. The molecule has 0 saturated carbocycles. The fraction of sp³-hybridized carbons (Fsp3) is 0.211. The molecule has 6 heteroatoms. The highest BCUT2D eigenvalue weighted by molar-refractivity contribution is 5.95. The van der Waals surface area contributed by atoms with Crippen molar-refractivity contribution >= 4 is 5.91 Å². The zero-order chi connectivity index (χ0) is 17.1. The second-order valence-electron chi connectivity index (χ2n) is 5.92. The Bertz CT molecular complexity index is 870. The van der Waals surface area contributed by atoms with Gasteiger partial charge in [0.2, 0.25) is 5.69 Å². The molecule has 1 amide bonds. The van der Waals surface area contributed by atoms with Crippen molar-refractivity contribution in [3.63, 3.8) is 0 Å². The van der Waals surface area contributed by atoms with Gasteiger partial charge in [0.05, 0.1) is 13.2 Å². The zero-order valence-electron chi connectivity index (χ0n) is 13.7. The van der Waals surface area contributed by atoms with Crippen LogP contribution >= 0.6 is 0 Å². The number of hydrogen-bond donors (Lipinski definition) is 1. The summed E-state index contributed by atoms with van der Waals surface area (Å²) in [5, 5.41) is 10.2. The van der Waals surface area contributed by atoms with Gasteiger partial charge in [0, 0.05) is 34.9 Å². The highest BCUT2D eigenvalue weighted by Gasteiger charge is 2.22. The van der Waals surface area contributed by atoms with Gasteiger partial charge in [-0.25, -0.2) is 0 Å². The molecule has 126 valence electrons. The largest absolute Gasteiger partial charge is 0.378 e. The van der Waals surface area contributed by atoms with Gasteiger partial charge in [0.1, 0.15) is 0 Å². The number of benzene rings is 2. The molecule has 1 aromatic heterocycles. The predicted octanol–water partition coefficient (Wildman–Crippen LogP) is 2.03. The van der Waals surface area contributed by atoms with Gasteiger partial charge in [-0.1, -0.05) is 47.7 Å². The van der Waals surface area contributed by atoms with Crippen LogP contribution in [0.15, 0.2) is 54.6 Å². The molecule has 6 nitrogen and oxygen atoms in total. The third-order valence-electron chi connectivity index (χ3n) is 4.33. The predicted molar refractivity (Wildman–Crippen MR) is 92.7 cm³/mol. The van der Waals surface area contributed by atoms with E-state index in [1.54, 1.807) is 0 Å². The molecule has 1 aliphatic heterocycles. The van der Waals surface area contributed by atoms with Crippen molar-refractivity contribution in [3.8, 4) is 22.5 Å². The summed E-state index contributed by atoms with van der Waals surface area (Å²) in [5.41, 5.74) is 4.30. The van der Waals surface area contributed by atoms with E-state index in [4.69, 9.17) is 4.74 Å². The van der Waals surface area contributed by atoms with E-state index < -0.39 is 0 Å². The van der Waals surface area contributed by atoms with Crippen LogP contribution in [0.3, 0.4) is 0 Å². The smallest absolute Gasteiger partial charge is 0.256 e. The molecule has 0 aliphatic carbocycles. The first-order valence-corrected chi connectivity index (χ1v) is 8.32. The third kappa shape index (κ3) is 3.16. The number of nitrogens with one attached hydrogen (secondary N) is 2. The number of rotatable bonds is 3. The SMILES string of the molecule is O=C(c1cccc(-c2[nH+][nH]nc2-c2ccccc2)c1)N1CCOCC1. The number of morpholine rings is 1. The van der Waals surface area contributed by atoms with E-state index in [0.29, 0.717) is 31.9 Å². The first-order chi connectivity index (χ1) is 12.3. The van der Waals surface area contributed by atoms with Gasteiger partial charge in [-0.2, -0.15) is 5.10 Å². The second-order valence-corrected chi connectivity index (χ2v) is 5.92. The van der Waals surface area contributed by atoms with Crippen LogP contribution in [0.1, 0.15) is 10.4 Å². The number of nitrogens with zero attached hydrogens (tertiary/aromatic N) is 2. The van der Waals surface area contributed by atoms with Crippen molar-refractivity contribution in [1.82, 2.24) is 15.2 Å². The summed E-state index contributed by atoms with van der Waals surface area (Å²) >= 11 is 0. The van der Waals surface area contributed by atoms with Crippen LogP contribution in [0.25, 0.3) is 22.5 Å². The first kappa shape index (κ1) is 15.5. The van der Waals surface area contributed by atoms with Crippen LogP contribution in [0.2, 0.25) is 0 Å². The number of ether oxygens (including phenoxy) is 1. The molecule has 1 aliphatic rings. The Hall–Kier alpha value is -2.99. The Morgan fingerprint density at radius 2 is 1.80 bits per heavy atom. The monoisotopic (exact) mass is 335 g/mol. The molecule has 0 radical (unpaired) electrons. The summed E-state index contributed by atoms with van der Waals surface area (Å²) in [6.45, 7) is 2.46. The molecule has 2 aromatic carbocycles. The van der Waals surface area contributed by atoms with Crippen molar-refractivity contribution in [2.45, 2.75) is 0 Å². The molecular formula is C19H19N4O2+. The quantitative estimate of drug-likeness (QED) is 0.796. The van der Waals surface area contributed by atoms with Gasteiger partial charge in [-0.3, -0.25) is 4.79 Å². The molecule has 0 atom stereocenters. The fourth-order valence-electron chi connectivity index (χ4n) is 3.03. The summed E-state index contributed by atoms with van der Waals surface area (Å²) in [4.78, 5) is 14.5. The molecule has 3 aromatic rings. The molecule has 2 heterocycles. The number of carbonyl (C=O) groups is 1. The van der Waals surface area contributed by atoms with Crippen LogP contribution in [0, 0.1) is 0 Å². The molecule has 0 unspecified atom stereocenters. The minimum Gasteiger partial charge on any atom is -0.378 e. The van der Waals surface area contributed by atoms with Gasteiger partial charge in [0.15, 0.2) is 0 Å². The molecule has 0 bridgehead atoms. The van der Waals surface area contributed by atoms with E-state index in [1.165, 1.54) is 0 Å². The van der Waals surface area contributed by atoms with Crippen LogP contribution in [0.5, 0.6) is 0 Å². The molecule has 0 spiro atoms. The fourth-order valence-corrected chi connectivity index (χ4v) is 3.03. The Kier molecular flexibility index (Phi) is 4.26. The highest BCUT2D eigenvalue weighted by atomic mass is 16.5. The summed E-state index contributed by atoms with van der Waals surface area (Å²) in [5.74, 6) is 0.0370. The Morgan fingerprint density at radius 3 is 2.60 bits per heavy atom. The Morgan fingerprint density at radius 1 is 1.04 bits per heavy atom. The lowest BCUT2D eigenvalue weighted by Crippen LogP contribution is -2.40. The van der Waals surface area contributed by atoms with Crippen molar-refractivity contribution in [2.24, 2.45) is 0 Å². The van der Waals surface area contributed by atoms with Gasteiger partial charge in [0.25, 0.3) is 11.6 Å². The lowest BCUT2D eigenvalue weighted by Gasteiger charge is -2.26. The van der Waals surface area contributed by atoms with Gasteiger partial charge >= 0.3 is 0 Å². The molecule has 1 saturated heterocycles. The van der Waals surface area contributed by atoms with Crippen molar-refractivity contribution in [1.29, 1.82) is 0 Å². The molecule has 2 N–H and O–H groups in total. The third-order valence-corrected chi connectivity index (χ3v) is 4.33. The molecule has 25 heavy (non-hydrogen) atoms. The number of carbonyl (C=O) groups excluding carboxylic acids is 1. The van der Waals surface area contributed by atoms with E-state index in [9.17, 15) is 4.79 Å². The van der Waals surface area contributed by atoms with Crippen LogP contribution in [-0.2, 0) is 4.74 Å². The molecule has 1 fully saturated rings. The van der Waals surface area contributed by atoms with Crippen LogP contribution in [-0.4, -0.2) is 47.4 Å². The van der Waals surface area contributed by atoms with Gasteiger partial charge in [-0.15, -0.1) is 0 Å². The zero-order valence-corrected chi connectivity index (χ0v) is 13.7. The summed E-state index contributed by atoms with van der Waals surface area (Å²) in [7, 11) is 0. The van der Waals surface area contributed by atoms with Crippen molar-refractivity contribution in [2.75, 3.05) is 26.3 Å². The number of H-pyrrole nitrogens is 2. The maximum absolute atomic E-state index is 12.7. The lowest BCUT2D eigenvalue weighted by atomic mass is 10.0. The second kappa shape index (κ2) is 6.86. The first-order valence-electron chi connectivity index (χ1n) is 8.32. The minimum atomic E-state index is 0.0370. The van der Waals surface area contributed by atoms with Gasteiger partial charge < -0.3 is 9.64 Å². The van der Waals surface area contributed by atoms with E-state index in [1.807, 2.05) is 59.5 Å². The summed E-state index contributed by atoms with van der Waals surface area (Å²) in [6.07, 6.45) is 0. The standard InChI is InChI=1S/C19H18N4O2/c24-19(23-9-11-25-12-10-23)16-8-4-7-15(13-16)18-17(20-22-21-18)14-5-2-1-3-6-14/h1-8,13H,9-12H2,(H,20,21,22)/p+1. The van der Waals surface area contributed by atoms with E-state index in [-0.39, 0.29) is 5.91 Å². The average molecular weight is 335 g/mol.